The van der Waals surface area contributed by atoms with Gasteiger partial charge in [-0.3, -0.25) is 9.78 Å². The van der Waals surface area contributed by atoms with Crippen molar-refractivity contribution in [1.82, 2.24) is 15.3 Å². The third kappa shape index (κ3) is 3.51. The summed E-state index contributed by atoms with van der Waals surface area (Å²) in [6.45, 7) is 8.27. The quantitative estimate of drug-likeness (QED) is 0.741. The van der Waals surface area contributed by atoms with E-state index in [4.69, 9.17) is 0 Å². The number of hydrogen-bond donors (Lipinski definition) is 2. The third-order valence-corrected chi connectivity index (χ3v) is 5.11. The van der Waals surface area contributed by atoms with Crippen molar-refractivity contribution >= 4 is 28.1 Å². The number of thiazole rings is 1. The van der Waals surface area contributed by atoms with E-state index in [9.17, 15) is 4.79 Å². The zero-order chi connectivity index (χ0) is 17.3. The smallest absolute Gasteiger partial charge is 0.224 e. The van der Waals surface area contributed by atoms with Crippen LogP contribution in [-0.4, -0.2) is 21.9 Å². The molecule has 2 N–H and O–H groups in total. The van der Waals surface area contributed by atoms with Gasteiger partial charge in [-0.2, -0.15) is 0 Å². The molecule has 24 heavy (non-hydrogen) atoms. The summed E-state index contributed by atoms with van der Waals surface area (Å²) in [7, 11) is 0. The lowest BCUT2D eigenvalue weighted by atomic mass is 10.0. The van der Waals surface area contributed by atoms with Gasteiger partial charge in [-0.25, -0.2) is 0 Å². The van der Waals surface area contributed by atoms with Crippen molar-refractivity contribution in [3.05, 3.63) is 51.1 Å². The molecule has 0 saturated heterocycles. The second kappa shape index (κ2) is 6.77. The van der Waals surface area contributed by atoms with E-state index < -0.39 is 0 Å². The lowest BCUT2D eigenvalue weighted by molar-refractivity contribution is -0.121. The Morgan fingerprint density at radius 2 is 2.12 bits per heavy atom. The van der Waals surface area contributed by atoms with Crippen LogP contribution in [0.2, 0.25) is 0 Å². The van der Waals surface area contributed by atoms with E-state index in [0.717, 1.165) is 28.6 Å². The number of fused-ring (bicyclic) bond motifs is 1. The maximum absolute atomic E-state index is 12.5. The Hall–Kier alpha value is -2.14. The second-order valence-corrected chi connectivity index (χ2v) is 7.52. The highest BCUT2D eigenvalue weighted by Gasteiger charge is 2.16. The topological polar surface area (TPSA) is 57.8 Å². The van der Waals surface area contributed by atoms with Crippen molar-refractivity contribution in [2.45, 2.75) is 46.6 Å². The molecule has 0 fully saturated rings. The van der Waals surface area contributed by atoms with Gasteiger partial charge in [-0.1, -0.05) is 11.6 Å². The van der Waals surface area contributed by atoms with Crippen LogP contribution < -0.4 is 5.32 Å². The van der Waals surface area contributed by atoms with Gasteiger partial charge < -0.3 is 10.3 Å². The van der Waals surface area contributed by atoms with Crippen molar-refractivity contribution in [1.29, 1.82) is 0 Å². The summed E-state index contributed by atoms with van der Waals surface area (Å²) < 4.78 is 0. The van der Waals surface area contributed by atoms with Crippen molar-refractivity contribution in [3.8, 4) is 0 Å². The predicted molar refractivity (Wildman–Crippen MR) is 99.6 cm³/mol. The Morgan fingerprint density at radius 3 is 2.83 bits per heavy atom. The molecule has 0 aliphatic rings. The minimum atomic E-state index is 0.0650. The molecular weight excluding hydrogens is 318 g/mol. The number of carbonyl (C=O) groups is 1. The molecule has 0 saturated carbocycles. The Labute approximate surface area is 146 Å². The average Bonchev–Trinajstić information content (AvgIpc) is 3.09. The largest absolute Gasteiger partial charge is 0.358 e. The average molecular weight is 341 g/mol. The van der Waals surface area contributed by atoms with Gasteiger partial charge in [0, 0.05) is 40.1 Å². The number of nitrogens with one attached hydrogen (secondary N) is 2. The fourth-order valence-electron chi connectivity index (χ4n) is 3.25. The van der Waals surface area contributed by atoms with E-state index in [1.807, 2.05) is 25.6 Å². The van der Waals surface area contributed by atoms with Crippen LogP contribution in [0.4, 0.5) is 0 Å². The molecule has 3 aromatic rings. The first-order chi connectivity index (χ1) is 11.4. The minimum Gasteiger partial charge on any atom is -0.358 e. The molecule has 0 radical (unpaired) electrons. The fourth-order valence-corrected chi connectivity index (χ4v) is 3.97. The van der Waals surface area contributed by atoms with Gasteiger partial charge in [0.1, 0.15) is 0 Å². The van der Waals surface area contributed by atoms with Gasteiger partial charge >= 0.3 is 0 Å². The summed E-state index contributed by atoms with van der Waals surface area (Å²) in [6, 6.07) is 4.43. The summed E-state index contributed by atoms with van der Waals surface area (Å²) in [5.41, 5.74) is 7.57. The molecule has 1 aromatic carbocycles. The summed E-state index contributed by atoms with van der Waals surface area (Å²) in [6.07, 6.45) is 3.09. The molecule has 3 rings (SSSR count). The first kappa shape index (κ1) is 16.7. The summed E-state index contributed by atoms with van der Waals surface area (Å²) in [5, 5.41) is 4.27. The van der Waals surface area contributed by atoms with Crippen molar-refractivity contribution < 1.29 is 4.79 Å². The van der Waals surface area contributed by atoms with Gasteiger partial charge in [0.25, 0.3) is 0 Å². The van der Waals surface area contributed by atoms with Crippen LogP contribution in [0, 0.1) is 20.8 Å². The van der Waals surface area contributed by atoms with Gasteiger partial charge in [0.05, 0.1) is 11.9 Å². The summed E-state index contributed by atoms with van der Waals surface area (Å²) in [5.74, 6) is 0.0650. The van der Waals surface area contributed by atoms with Crippen molar-refractivity contribution in [2.75, 3.05) is 0 Å². The highest BCUT2D eigenvalue weighted by atomic mass is 32.1. The number of aromatic nitrogens is 2. The van der Waals surface area contributed by atoms with Gasteiger partial charge in [-0.15, -0.1) is 11.3 Å². The molecule has 0 bridgehead atoms. The van der Waals surface area contributed by atoms with Crippen molar-refractivity contribution in [3.63, 3.8) is 0 Å². The maximum atomic E-state index is 12.5. The molecule has 0 unspecified atom stereocenters. The van der Waals surface area contributed by atoms with Gasteiger partial charge in [0.15, 0.2) is 0 Å². The first-order valence-corrected chi connectivity index (χ1v) is 9.07. The van der Waals surface area contributed by atoms with E-state index in [2.05, 4.69) is 41.3 Å². The second-order valence-electron chi connectivity index (χ2n) is 6.55. The molecule has 1 atom stereocenters. The monoisotopic (exact) mass is 341 g/mol. The van der Waals surface area contributed by atoms with Crippen LogP contribution in [0.25, 0.3) is 10.9 Å². The van der Waals surface area contributed by atoms with Crippen LogP contribution in [-0.2, 0) is 17.6 Å². The van der Waals surface area contributed by atoms with Gasteiger partial charge in [-0.05, 0) is 44.9 Å². The Balaban J connectivity index is 1.74. The SMILES string of the molecule is Cc1cc(C)c2[nH]c(C)c(CC(=O)N[C@@H](C)Cc3cncs3)c2c1. The minimum absolute atomic E-state index is 0.0650. The normalized spacial score (nSPS) is 12.5. The van der Waals surface area contributed by atoms with Crippen LogP contribution in [0.5, 0.6) is 0 Å². The lowest BCUT2D eigenvalue weighted by Gasteiger charge is -2.13. The highest BCUT2D eigenvalue weighted by Crippen LogP contribution is 2.26. The molecule has 1 amide bonds. The number of benzene rings is 1. The van der Waals surface area contributed by atoms with E-state index in [1.54, 1.807) is 11.3 Å². The van der Waals surface area contributed by atoms with Crippen LogP contribution in [0.3, 0.4) is 0 Å². The van der Waals surface area contributed by atoms with Crippen molar-refractivity contribution in [2.24, 2.45) is 0 Å². The van der Waals surface area contributed by atoms with E-state index >= 15 is 0 Å². The Morgan fingerprint density at radius 1 is 1.33 bits per heavy atom. The van der Waals surface area contributed by atoms with Gasteiger partial charge in [0.2, 0.25) is 5.91 Å². The Bertz CT molecular complexity index is 864. The number of aromatic amines is 1. The first-order valence-electron chi connectivity index (χ1n) is 8.19. The zero-order valence-corrected chi connectivity index (χ0v) is 15.4. The van der Waals surface area contributed by atoms with E-state index in [-0.39, 0.29) is 11.9 Å². The molecule has 0 aliphatic carbocycles. The molecule has 4 nitrogen and oxygen atoms in total. The van der Waals surface area contributed by atoms with E-state index in [0.29, 0.717) is 6.42 Å². The number of hydrogen-bond acceptors (Lipinski definition) is 3. The third-order valence-electron chi connectivity index (χ3n) is 4.31. The molecule has 0 aliphatic heterocycles. The number of amides is 1. The van der Waals surface area contributed by atoms with Crippen LogP contribution in [0.15, 0.2) is 23.8 Å². The molecule has 126 valence electrons. The standard InChI is InChI=1S/C19H23N3OS/c1-11-5-12(2)19-17(6-11)16(14(4)22-19)8-18(23)21-13(3)7-15-9-20-10-24-15/h5-6,9-10,13,22H,7-8H2,1-4H3,(H,21,23)/t13-/m0/s1. The summed E-state index contributed by atoms with van der Waals surface area (Å²) >= 11 is 1.62. The molecular formula is C19H23N3OS. The number of H-pyrrole nitrogens is 1. The number of nitrogens with zero attached hydrogens (tertiary/aromatic N) is 1. The zero-order valence-electron chi connectivity index (χ0n) is 14.6. The summed E-state index contributed by atoms with van der Waals surface area (Å²) in [4.78, 5) is 21.2. The van der Waals surface area contributed by atoms with E-state index in [1.165, 1.54) is 16.0 Å². The molecule has 2 heterocycles. The van der Waals surface area contributed by atoms with Crippen LogP contribution >= 0.6 is 11.3 Å². The number of rotatable bonds is 5. The molecule has 5 heteroatoms. The molecule has 0 spiro atoms. The number of aryl methyl sites for hydroxylation is 3. The Kier molecular flexibility index (Phi) is 4.71. The molecule has 2 aromatic heterocycles. The van der Waals surface area contributed by atoms with Crippen LogP contribution in [0.1, 0.15) is 34.2 Å². The number of carbonyl (C=O) groups excluding carboxylic acids is 1. The maximum Gasteiger partial charge on any atom is 0.224 e. The lowest BCUT2D eigenvalue weighted by Crippen LogP contribution is -2.35. The fraction of sp³-hybridized carbons (Fsp3) is 0.368. The highest BCUT2D eigenvalue weighted by molar-refractivity contribution is 7.09. The predicted octanol–water partition coefficient (Wildman–Crippen LogP) is 3.84.